The maximum Gasteiger partial charge on any atom is 0.252 e. The minimum atomic E-state index is -3.72. The predicted octanol–water partition coefficient (Wildman–Crippen LogP) is 3.75. The highest BCUT2D eigenvalue weighted by atomic mass is 32.2. The fourth-order valence-corrected chi connectivity index (χ4v) is 4.95. The summed E-state index contributed by atoms with van der Waals surface area (Å²) in [7, 11) is -2.30. The highest BCUT2D eigenvalue weighted by Gasteiger charge is 2.22. The van der Waals surface area contributed by atoms with Crippen LogP contribution in [0.25, 0.3) is 0 Å². The van der Waals surface area contributed by atoms with Crippen molar-refractivity contribution in [3.8, 4) is 5.75 Å². The van der Waals surface area contributed by atoms with Crippen LogP contribution in [0.1, 0.15) is 81.0 Å². The molecule has 1 fully saturated rings. The van der Waals surface area contributed by atoms with Crippen LogP contribution in [-0.4, -0.2) is 27.5 Å². The molecule has 0 spiro atoms. The second-order valence-corrected chi connectivity index (χ2v) is 9.02. The molecule has 1 aliphatic carbocycles. The molecular weight excluding hydrogens is 364 g/mol. The minimum absolute atomic E-state index is 0.0446. The van der Waals surface area contributed by atoms with Gasteiger partial charge in [-0.2, -0.15) is 0 Å². The number of nitrogens with one attached hydrogen (secondary N) is 1. The van der Waals surface area contributed by atoms with Crippen molar-refractivity contribution in [3.05, 3.63) is 23.8 Å². The SMILES string of the molecule is COc1ccc(S(=O)(=O)NC2CCCCCCCCCCC2)cc1C(N)=O. The van der Waals surface area contributed by atoms with Gasteiger partial charge in [-0.3, -0.25) is 4.79 Å². The van der Waals surface area contributed by atoms with Gasteiger partial charge in [-0.15, -0.1) is 0 Å². The van der Waals surface area contributed by atoms with Gasteiger partial charge in [0.25, 0.3) is 5.91 Å². The summed E-state index contributed by atoms with van der Waals surface area (Å²) in [6.45, 7) is 0. The number of ether oxygens (including phenoxy) is 1. The minimum Gasteiger partial charge on any atom is -0.496 e. The summed E-state index contributed by atoms with van der Waals surface area (Å²) in [6, 6.07) is 4.13. The van der Waals surface area contributed by atoms with E-state index in [4.69, 9.17) is 10.5 Å². The molecule has 0 heterocycles. The lowest BCUT2D eigenvalue weighted by Crippen LogP contribution is -2.35. The third kappa shape index (κ3) is 6.81. The number of sulfonamides is 1. The van der Waals surface area contributed by atoms with E-state index in [9.17, 15) is 13.2 Å². The molecule has 0 bridgehead atoms. The number of nitrogens with two attached hydrogens (primary N) is 1. The van der Waals surface area contributed by atoms with Gasteiger partial charge in [0.1, 0.15) is 5.75 Å². The summed E-state index contributed by atoms with van der Waals surface area (Å²) in [5.41, 5.74) is 5.42. The van der Waals surface area contributed by atoms with Crippen molar-refractivity contribution >= 4 is 15.9 Å². The second kappa shape index (κ2) is 10.7. The number of amides is 1. The maximum absolute atomic E-state index is 12.8. The van der Waals surface area contributed by atoms with E-state index in [1.54, 1.807) is 0 Å². The standard InChI is InChI=1S/C20H32N2O4S/c1-26-19-14-13-17(15-18(19)20(21)23)27(24,25)22-16-11-9-7-5-3-2-4-6-8-10-12-16/h13-16,22H,2-12H2,1H3,(H2,21,23). The molecule has 6 nitrogen and oxygen atoms in total. The summed E-state index contributed by atoms with van der Waals surface area (Å²) in [4.78, 5) is 11.6. The number of primary amides is 1. The van der Waals surface area contributed by atoms with Crippen LogP contribution in [0.15, 0.2) is 23.1 Å². The normalized spacial score (nSPS) is 18.3. The average Bonchev–Trinajstić information content (AvgIpc) is 2.63. The van der Waals surface area contributed by atoms with Crippen LogP contribution in [0, 0.1) is 0 Å². The molecule has 0 aromatic heterocycles. The van der Waals surface area contributed by atoms with E-state index >= 15 is 0 Å². The van der Waals surface area contributed by atoms with Gasteiger partial charge >= 0.3 is 0 Å². The Morgan fingerprint density at radius 3 is 2.00 bits per heavy atom. The zero-order valence-corrected chi connectivity index (χ0v) is 17.0. The van der Waals surface area contributed by atoms with Gasteiger partial charge in [0, 0.05) is 6.04 Å². The van der Waals surface area contributed by atoms with Crippen LogP contribution >= 0.6 is 0 Å². The molecular formula is C20H32N2O4S. The molecule has 0 unspecified atom stereocenters. The fraction of sp³-hybridized carbons (Fsp3) is 0.650. The lowest BCUT2D eigenvalue weighted by molar-refractivity contribution is 0.0997. The number of carbonyl (C=O) groups is 1. The van der Waals surface area contributed by atoms with Crippen molar-refractivity contribution in [3.63, 3.8) is 0 Å². The van der Waals surface area contributed by atoms with E-state index in [2.05, 4.69) is 4.72 Å². The smallest absolute Gasteiger partial charge is 0.252 e. The quantitative estimate of drug-likeness (QED) is 0.792. The Morgan fingerprint density at radius 2 is 1.52 bits per heavy atom. The molecule has 3 N–H and O–H groups in total. The molecule has 7 heteroatoms. The van der Waals surface area contributed by atoms with Gasteiger partial charge < -0.3 is 10.5 Å². The van der Waals surface area contributed by atoms with Crippen molar-refractivity contribution in [2.75, 3.05) is 7.11 Å². The Morgan fingerprint density at radius 1 is 1.00 bits per heavy atom. The van der Waals surface area contributed by atoms with Crippen molar-refractivity contribution in [1.82, 2.24) is 4.72 Å². The van der Waals surface area contributed by atoms with E-state index in [-0.39, 0.29) is 22.3 Å². The number of carbonyl (C=O) groups excluding carboxylic acids is 1. The molecule has 2 rings (SSSR count). The monoisotopic (exact) mass is 396 g/mol. The van der Waals surface area contributed by atoms with Crippen LogP contribution in [-0.2, 0) is 10.0 Å². The lowest BCUT2D eigenvalue weighted by atomic mass is 9.98. The average molecular weight is 397 g/mol. The van der Waals surface area contributed by atoms with E-state index in [0.717, 1.165) is 38.5 Å². The zero-order chi connectivity index (χ0) is 19.7. The molecule has 1 aliphatic rings. The van der Waals surface area contributed by atoms with Crippen LogP contribution < -0.4 is 15.2 Å². The third-order valence-electron chi connectivity index (χ3n) is 5.17. The molecule has 1 aromatic rings. The Hall–Kier alpha value is -1.60. The highest BCUT2D eigenvalue weighted by Crippen LogP contribution is 2.23. The number of hydrogen-bond donors (Lipinski definition) is 2. The van der Waals surface area contributed by atoms with Crippen LogP contribution in [0.4, 0.5) is 0 Å². The molecule has 0 aliphatic heterocycles. The Balaban J connectivity index is 2.12. The first-order valence-electron chi connectivity index (χ1n) is 9.94. The Bertz CT molecular complexity index is 707. The summed E-state index contributed by atoms with van der Waals surface area (Å²) in [5.74, 6) is -0.442. The first-order valence-corrected chi connectivity index (χ1v) is 11.4. The van der Waals surface area contributed by atoms with Gasteiger partial charge in [0.05, 0.1) is 17.6 Å². The predicted molar refractivity (Wildman–Crippen MR) is 106 cm³/mol. The van der Waals surface area contributed by atoms with E-state index in [1.165, 1.54) is 57.4 Å². The molecule has 1 amide bonds. The Kier molecular flexibility index (Phi) is 8.57. The van der Waals surface area contributed by atoms with Gasteiger partial charge in [-0.1, -0.05) is 57.8 Å². The van der Waals surface area contributed by atoms with Crippen LogP contribution in [0.5, 0.6) is 5.75 Å². The van der Waals surface area contributed by atoms with Gasteiger partial charge in [0.15, 0.2) is 0 Å². The zero-order valence-electron chi connectivity index (χ0n) is 16.2. The van der Waals surface area contributed by atoms with Gasteiger partial charge in [-0.05, 0) is 31.0 Å². The summed E-state index contributed by atoms with van der Waals surface area (Å²) in [6.07, 6.45) is 12.4. The largest absolute Gasteiger partial charge is 0.496 e. The number of methoxy groups -OCH3 is 1. The molecule has 1 aromatic carbocycles. The maximum atomic E-state index is 12.8. The molecule has 1 saturated carbocycles. The van der Waals surface area contributed by atoms with Gasteiger partial charge in [0.2, 0.25) is 10.0 Å². The topological polar surface area (TPSA) is 98.5 Å². The van der Waals surface area contributed by atoms with E-state index < -0.39 is 15.9 Å². The molecule has 0 atom stereocenters. The van der Waals surface area contributed by atoms with Crippen molar-refractivity contribution < 1.29 is 17.9 Å². The van der Waals surface area contributed by atoms with Crippen molar-refractivity contribution in [1.29, 1.82) is 0 Å². The van der Waals surface area contributed by atoms with Crippen LogP contribution in [0.2, 0.25) is 0 Å². The molecule has 0 saturated heterocycles. The van der Waals surface area contributed by atoms with Gasteiger partial charge in [-0.25, -0.2) is 13.1 Å². The first-order chi connectivity index (χ1) is 12.9. The number of rotatable bonds is 5. The second-order valence-electron chi connectivity index (χ2n) is 7.30. The first kappa shape index (κ1) is 21.7. The number of benzene rings is 1. The third-order valence-corrected chi connectivity index (χ3v) is 6.69. The molecule has 152 valence electrons. The summed E-state index contributed by atoms with van der Waals surface area (Å²) < 4.78 is 33.6. The Labute approximate surface area is 162 Å². The molecule has 0 radical (unpaired) electrons. The van der Waals surface area contributed by atoms with E-state index in [0.29, 0.717) is 0 Å². The molecule has 27 heavy (non-hydrogen) atoms. The van der Waals surface area contributed by atoms with Crippen LogP contribution in [0.3, 0.4) is 0 Å². The highest BCUT2D eigenvalue weighted by molar-refractivity contribution is 7.89. The summed E-state index contributed by atoms with van der Waals surface area (Å²) >= 11 is 0. The summed E-state index contributed by atoms with van der Waals surface area (Å²) in [5, 5.41) is 0. The lowest BCUT2D eigenvalue weighted by Gasteiger charge is -2.20. The van der Waals surface area contributed by atoms with Crippen molar-refractivity contribution in [2.24, 2.45) is 5.73 Å². The number of hydrogen-bond acceptors (Lipinski definition) is 4. The fourth-order valence-electron chi connectivity index (χ4n) is 3.62. The van der Waals surface area contributed by atoms with E-state index in [1.807, 2.05) is 0 Å². The van der Waals surface area contributed by atoms with Crippen molar-refractivity contribution in [2.45, 2.75) is 81.6 Å².